The number of amides is 1. The first-order valence-corrected chi connectivity index (χ1v) is 12.4. The number of anilines is 1. The number of carbonyl (C=O) groups excluding carboxylic acids is 1. The average Bonchev–Trinajstić information content (AvgIpc) is 3.28. The van der Waals surface area contributed by atoms with Crippen LogP contribution in [0.15, 0.2) is 32.5 Å². The van der Waals surface area contributed by atoms with Gasteiger partial charge in [-0.15, -0.1) is 0 Å². The van der Waals surface area contributed by atoms with Crippen molar-refractivity contribution in [1.82, 2.24) is 19.5 Å². The van der Waals surface area contributed by atoms with Gasteiger partial charge in [-0.1, -0.05) is 0 Å². The summed E-state index contributed by atoms with van der Waals surface area (Å²) in [6, 6.07) is 0.508. The fourth-order valence-corrected chi connectivity index (χ4v) is 5.18. The Hall–Kier alpha value is -3.83. The van der Waals surface area contributed by atoms with Gasteiger partial charge in [0.05, 0.1) is 22.8 Å². The number of ether oxygens (including phenoxy) is 1. The van der Waals surface area contributed by atoms with Crippen molar-refractivity contribution in [2.24, 2.45) is 5.92 Å². The van der Waals surface area contributed by atoms with Gasteiger partial charge in [0.25, 0.3) is 5.56 Å². The van der Waals surface area contributed by atoms with E-state index in [0.29, 0.717) is 46.8 Å². The molecule has 198 valence electrons. The van der Waals surface area contributed by atoms with Gasteiger partial charge in [0, 0.05) is 30.6 Å². The fourth-order valence-electron chi connectivity index (χ4n) is 5.18. The van der Waals surface area contributed by atoms with Crippen molar-refractivity contribution in [2.75, 3.05) is 23.8 Å². The van der Waals surface area contributed by atoms with E-state index in [4.69, 9.17) is 15.0 Å². The van der Waals surface area contributed by atoms with Crippen LogP contribution in [0.3, 0.4) is 0 Å². The molecule has 5 rings (SSSR count). The van der Waals surface area contributed by atoms with E-state index in [-0.39, 0.29) is 17.3 Å². The van der Waals surface area contributed by atoms with Crippen molar-refractivity contribution in [1.29, 1.82) is 0 Å². The fraction of sp³-hybridized carbons (Fsp3) is 0.520. The number of aryl methyl sites for hydroxylation is 1. The van der Waals surface area contributed by atoms with Crippen molar-refractivity contribution < 1.29 is 18.3 Å². The molecule has 12 heteroatoms. The average molecular weight is 515 g/mol. The summed E-state index contributed by atoms with van der Waals surface area (Å²) >= 11 is 0. The van der Waals surface area contributed by atoms with Crippen LogP contribution < -0.4 is 27.3 Å². The molecular weight excluding hydrogens is 483 g/mol. The Balaban J connectivity index is 1.50. The summed E-state index contributed by atoms with van der Waals surface area (Å²) in [6.45, 7) is 7.91. The third-order valence-electron chi connectivity index (χ3n) is 6.88. The lowest BCUT2D eigenvalue weighted by Crippen LogP contribution is -2.44. The molecule has 2 unspecified atom stereocenters. The standard InChI is InChI=1S/C25H31FN6O5/c1-13-19-16(22(33)32(27)24(35)31(19)15-5-6-15)11-17(26)20(13)30-9-7-14(12-30)18(21-28-8-10-36-21)29-23(34)37-25(2,3)4/h8,10-11,14-15,18H,5-7,9,12,27H2,1-4H3,(H,29,34). The summed E-state index contributed by atoms with van der Waals surface area (Å²) in [7, 11) is 0. The molecule has 0 bridgehead atoms. The number of nitrogens with one attached hydrogen (secondary N) is 1. The third-order valence-corrected chi connectivity index (χ3v) is 6.88. The SMILES string of the molecule is Cc1c(N2CCC(C(NC(=O)OC(C)(C)C)c3ncco3)C2)c(F)cc2c(=O)n(N)c(=O)n(C3CC3)c12. The minimum atomic E-state index is -0.727. The van der Waals surface area contributed by atoms with Crippen LogP contribution >= 0.6 is 0 Å². The Morgan fingerprint density at radius 2 is 2.03 bits per heavy atom. The third kappa shape index (κ3) is 4.56. The lowest BCUT2D eigenvalue weighted by Gasteiger charge is -2.27. The number of nitrogen functional groups attached to an aromatic ring is 1. The van der Waals surface area contributed by atoms with Gasteiger partial charge in [0.1, 0.15) is 23.7 Å². The predicted octanol–water partition coefficient (Wildman–Crippen LogP) is 2.74. The molecule has 1 saturated heterocycles. The first-order valence-electron chi connectivity index (χ1n) is 12.4. The van der Waals surface area contributed by atoms with Crippen LogP contribution in [-0.2, 0) is 4.74 Å². The van der Waals surface area contributed by atoms with Gasteiger partial charge < -0.3 is 25.2 Å². The molecule has 3 heterocycles. The van der Waals surface area contributed by atoms with Crippen LogP contribution in [0.25, 0.3) is 10.9 Å². The number of nitrogens with two attached hydrogens (primary N) is 1. The second-order valence-electron chi connectivity index (χ2n) is 10.8. The van der Waals surface area contributed by atoms with E-state index in [0.717, 1.165) is 12.8 Å². The molecule has 11 nitrogen and oxygen atoms in total. The first kappa shape index (κ1) is 24.8. The number of fused-ring (bicyclic) bond motifs is 1. The molecule has 3 aromatic rings. The molecule has 1 aliphatic carbocycles. The van der Waals surface area contributed by atoms with Crippen molar-refractivity contribution in [3.05, 3.63) is 56.6 Å². The normalized spacial score (nSPS) is 18.8. The molecule has 2 fully saturated rings. The first-order chi connectivity index (χ1) is 17.5. The topological polar surface area (TPSA) is 138 Å². The molecule has 37 heavy (non-hydrogen) atoms. The number of carbonyl (C=O) groups is 1. The van der Waals surface area contributed by atoms with Gasteiger partial charge in [0.15, 0.2) is 0 Å². The number of alkyl carbamates (subject to hydrolysis) is 1. The van der Waals surface area contributed by atoms with Crippen molar-refractivity contribution >= 4 is 22.7 Å². The number of hydrogen-bond acceptors (Lipinski definition) is 8. The Morgan fingerprint density at radius 3 is 2.65 bits per heavy atom. The zero-order chi connectivity index (χ0) is 26.6. The smallest absolute Gasteiger partial charge is 0.408 e. The van der Waals surface area contributed by atoms with Crippen LogP contribution in [-0.4, -0.2) is 39.0 Å². The van der Waals surface area contributed by atoms with Gasteiger partial charge in [-0.3, -0.25) is 9.36 Å². The molecule has 1 aromatic carbocycles. The number of oxazole rings is 1. The van der Waals surface area contributed by atoms with Crippen LogP contribution in [0.1, 0.15) is 63.6 Å². The number of benzene rings is 1. The van der Waals surface area contributed by atoms with Crippen molar-refractivity contribution in [3.8, 4) is 0 Å². The summed E-state index contributed by atoms with van der Waals surface area (Å²) in [4.78, 5) is 44.3. The summed E-state index contributed by atoms with van der Waals surface area (Å²) in [5.74, 6) is 5.33. The highest BCUT2D eigenvalue weighted by atomic mass is 19.1. The summed E-state index contributed by atoms with van der Waals surface area (Å²) in [5, 5.41) is 2.94. The summed E-state index contributed by atoms with van der Waals surface area (Å²) in [5.41, 5.74) is -0.778. The maximum absolute atomic E-state index is 15.6. The lowest BCUT2D eigenvalue weighted by molar-refractivity contribution is 0.0476. The quantitative estimate of drug-likeness (QED) is 0.496. The molecule has 2 aliphatic rings. The van der Waals surface area contributed by atoms with Gasteiger partial charge in [-0.05, 0) is 53.0 Å². The van der Waals surface area contributed by atoms with Gasteiger partial charge >= 0.3 is 11.8 Å². The molecule has 1 aliphatic heterocycles. The van der Waals surface area contributed by atoms with Crippen LogP contribution in [0.2, 0.25) is 0 Å². The summed E-state index contributed by atoms with van der Waals surface area (Å²) < 4.78 is 28.6. The number of aromatic nitrogens is 3. The predicted molar refractivity (Wildman–Crippen MR) is 135 cm³/mol. The largest absolute Gasteiger partial charge is 0.447 e. The molecule has 0 radical (unpaired) electrons. The van der Waals surface area contributed by atoms with Gasteiger partial charge in [-0.2, -0.15) is 4.68 Å². The highest BCUT2D eigenvalue weighted by Crippen LogP contribution is 2.40. The number of rotatable bonds is 5. The maximum atomic E-state index is 15.6. The van der Waals surface area contributed by atoms with Crippen molar-refractivity contribution in [2.45, 2.75) is 64.6 Å². The zero-order valence-corrected chi connectivity index (χ0v) is 21.3. The van der Waals surface area contributed by atoms with E-state index >= 15 is 4.39 Å². The molecule has 2 atom stereocenters. The molecule has 2 aromatic heterocycles. The Kier molecular flexibility index (Phi) is 5.99. The maximum Gasteiger partial charge on any atom is 0.408 e. The Labute approximate surface area is 212 Å². The van der Waals surface area contributed by atoms with Crippen LogP contribution in [0, 0.1) is 18.7 Å². The molecule has 1 saturated carbocycles. The molecular formula is C25H31FN6O5. The number of halogens is 1. The van der Waals surface area contributed by atoms with Crippen LogP contribution in [0.4, 0.5) is 14.9 Å². The minimum Gasteiger partial charge on any atom is -0.447 e. The zero-order valence-electron chi connectivity index (χ0n) is 21.3. The van der Waals surface area contributed by atoms with E-state index in [9.17, 15) is 14.4 Å². The Bertz CT molecular complexity index is 1470. The van der Waals surface area contributed by atoms with E-state index in [2.05, 4.69) is 10.3 Å². The monoisotopic (exact) mass is 514 g/mol. The van der Waals surface area contributed by atoms with E-state index in [1.54, 1.807) is 27.7 Å². The van der Waals surface area contributed by atoms with E-state index in [1.807, 2.05) is 4.90 Å². The minimum absolute atomic E-state index is 0.0684. The lowest BCUT2D eigenvalue weighted by atomic mass is 9.99. The highest BCUT2D eigenvalue weighted by molar-refractivity contribution is 5.87. The van der Waals surface area contributed by atoms with E-state index < -0.39 is 34.8 Å². The van der Waals surface area contributed by atoms with Gasteiger partial charge in [0.2, 0.25) is 5.89 Å². The highest BCUT2D eigenvalue weighted by Gasteiger charge is 2.37. The summed E-state index contributed by atoms with van der Waals surface area (Å²) in [6.07, 6.45) is 4.52. The van der Waals surface area contributed by atoms with Crippen LogP contribution in [0.5, 0.6) is 0 Å². The second kappa shape index (κ2) is 8.93. The number of hydrogen-bond donors (Lipinski definition) is 2. The van der Waals surface area contributed by atoms with Gasteiger partial charge in [-0.25, -0.2) is 19.0 Å². The Morgan fingerprint density at radius 1 is 1.30 bits per heavy atom. The van der Waals surface area contributed by atoms with Crippen molar-refractivity contribution in [3.63, 3.8) is 0 Å². The van der Waals surface area contributed by atoms with E-state index in [1.165, 1.54) is 23.1 Å². The molecule has 3 N–H and O–H groups in total. The number of nitrogens with zero attached hydrogens (tertiary/aromatic N) is 4. The molecule has 0 spiro atoms. The second-order valence-corrected chi connectivity index (χ2v) is 10.8. The molecule has 1 amide bonds.